The molecule has 6 nitrogen and oxygen atoms in total. The molecule has 0 fully saturated rings. The summed E-state index contributed by atoms with van der Waals surface area (Å²) < 4.78 is 4.81. The highest BCUT2D eigenvalue weighted by atomic mass is 16.5. The Balaban J connectivity index is 3.33. The Hall–Kier alpha value is -1.14. The van der Waals surface area contributed by atoms with Gasteiger partial charge >= 0.3 is 0 Å². The quantitative estimate of drug-likeness (QED) is 0.522. The van der Waals surface area contributed by atoms with Crippen LogP contribution in [0.3, 0.4) is 0 Å². The van der Waals surface area contributed by atoms with Gasteiger partial charge in [-0.1, -0.05) is 0 Å². The van der Waals surface area contributed by atoms with Crippen molar-refractivity contribution in [2.45, 2.75) is 12.8 Å². The predicted molar refractivity (Wildman–Crippen MR) is 65.7 cm³/mol. The van der Waals surface area contributed by atoms with E-state index in [1.54, 1.807) is 26.1 Å². The maximum Gasteiger partial charge on any atom is 0.234 e. The third-order valence-corrected chi connectivity index (χ3v) is 2.16. The van der Waals surface area contributed by atoms with Gasteiger partial charge in [-0.15, -0.1) is 0 Å². The minimum Gasteiger partial charge on any atom is -0.383 e. The topological polar surface area (TPSA) is 70.7 Å². The lowest BCUT2D eigenvalue weighted by atomic mass is 10.3. The fraction of sp³-hybridized carbons (Fsp3) is 0.818. The van der Waals surface area contributed by atoms with Crippen LogP contribution in [0, 0.1) is 0 Å². The molecule has 0 aromatic carbocycles. The molecule has 0 radical (unpaired) electrons. The zero-order chi connectivity index (χ0) is 13.1. The smallest absolute Gasteiger partial charge is 0.234 e. The van der Waals surface area contributed by atoms with E-state index in [9.17, 15) is 9.59 Å². The number of methoxy groups -OCH3 is 1. The molecule has 6 heteroatoms. The molecule has 0 aromatic heterocycles. The van der Waals surface area contributed by atoms with Gasteiger partial charge in [-0.05, 0) is 13.0 Å². The van der Waals surface area contributed by atoms with Gasteiger partial charge in [-0.2, -0.15) is 0 Å². The van der Waals surface area contributed by atoms with Gasteiger partial charge in [0.05, 0.1) is 13.2 Å². The molecule has 2 amide bonds. The fourth-order valence-electron chi connectivity index (χ4n) is 1.15. The van der Waals surface area contributed by atoms with Crippen LogP contribution in [-0.4, -0.2) is 64.2 Å². The van der Waals surface area contributed by atoms with Crippen LogP contribution in [-0.2, 0) is 14.3 Å². The lowest BCUT2D eigenvalue weighted by Crippen LogP contribution is -2.36. The minimum atomic E-state index is -0.0546. The van der Waals surface area contributed by atoms with Gasteiger partial charge in [0, 0.05) is 34.2 Å². The Bertz CT molecular complexity index is 232. The average Bonchev–Trinajstić information content (AvgIpc) is 2.28. The van der Waals surface area contributed by atoms with Gasteiger partial charge in [0.25, 0.3) is 0 Å². The van der Waals surface area contributed by atoms with Gasteiger partial charge in [0.1, 0.15) is 0 Å². The highest BCUT2D eigenvalue weighted by Crippen LogP contribution is 1.91. The van der Waals surface area contributed by atoms with Gasteiger partial charge in [0.15, 0.2) is 0 Å². The molecule has 0 unspecified atom stereocenters. The Labute approximate surface area is 103 Å². The van der Waals surface area contributed by atoms with E-state index in [0.717, 1.165) is 6.42 Å². The molecule has 0 heterocycles. The summed E-state index contributed by atoms with van der Waals surface area (Å²) in [6.07, 6.45) is 1.24. The normalized spacial score (nSPS) is 10.1. The van der Waals surface area contributed by atoms with Crippen molar-refractivity contribution in [1.82, 2.24) is 15.5 Å². The van der Waals surface area contributed by atoms with Gasteiger partial charge in [-0.3, -0.25) is 9.59 Å². The summed E-state index contributed by atoms with van der Waals surface area (Å²) in [6.45, 7) is 1.98. The molecule has 2 N–H and O–H groups in total. The Morgan fingerprint density at radius 3 is 2.53 bits per heavy atom. The van der Waals surface area contributed by atoms with E-state index < -0.39 is 0 Å². The van der Waals surface area contributed by atoms with Gasteiger partial charge in [0.2, 0.25) is 11.8 Å². The Morgan fingerprint density at radius 2 is 1.94 bits per heavy atom. The SMILES string of the molecule is COCCNC(=O)CNCCCC(=O)N(C)C. The van der Waals surface area contributed by atoms with E-state index in [0.29, 0.717) is 26.1 Å². The van der Waals surface area contributed by atoms with Gasteiger partial charge in [-0.25, -0.2) is 0 Å². The van der Waals surface area contributed by atoms with Crippen molar-refractivity contribution in [1.29, 1.82) is 0 Å². The molecule has 0 bridgehead atoms. The Morgan fingerprint density at radius 1 is 1.24 bits per heavy atom. The van der Waals surface area contributed by atoms with Crippen LogP contribution in [0.25, 0.3) is 0 Å². The van der Waals surface area contributed by atoms with Crippen LogP contribution in [0.15, 0.2) is 0 Å². The maximum absolute atomic E-state index is 11.2. The molecule has 100 valence electrons. The molecule has 0 saturated carbocycles. The highest BCUT2D eigenvalue weighted by molar-refractivity contribution is 5.78. The molecule has 0 aliphatic heterocycles. The van der Waals surface area contributed by atoms with Crippen LogP contribution in [0.1, 0.15) is 12.8 Å². The van der Waals surface area contributed by atoms with Crippen LogP contribution >= 0.6 is 0 Å². The second-order valence-corrected chi connectivity index (χ2v) is 3.91. The number of amides is 2. The zero-order valence-corrected chi connectivity index (χ0v) is 10.9. The molecule has 0 aliphatic carbocycles. The molecule has 17 heavy (non-hydrogen) atoms. The van der Waals surface area contributed by atoms with Crippen LogP contribution in [0.5, 0.6) is 0 Å². The maximum atomic E-state index is 11.2. The number of rotatable bonds is 9. The molecule has 0 aromatic rings. The van der Waals surface area contributed by atoms with Crippen LogP contribution < -0.4 is 10.6 Å². The molecule has 0 rings (SSSR count). The summed E-state index contributed by atoms with van der Waals surface area (Å²) in [7, 11) is 5.06. The number of hydrogen-bond acceptors (Lipinski definition) is 4. The molecule has 0 atom stereocenters. The third kappa shape index (κ3) is 9.77. The monoisotopic (exact) mass is 245 g/mol. The first kappa shape index (κ1) is 15.9. The van der Waals surface area contributed by atoms with Crippen LogP contribution in [0.2, 0.25) is 0 Å². The van der Waals surface area contributed by atoms with E-state index in [2.05, 4.69) is 10.6 Å². The summed E-state index contributed by atoms with van der Waals surface area (Å²) >= 11 is 0. The number of nitrogens with zero attached hydrogens (tertiary/aromatic N) is 1. The second-order valence-electron chi connectivity index (χ2n) is 3.91. The first-order valence-corrected chi connectivity index (χ1v) is 5.74. The number of carbonyl (C=O) groups excluding carboxylic acids is 2. The largest absolute Gasteiger partial charge is 0.383 e. The Kier molecular flexibility index (Phi) is 9.37. The lowest BCUT2D eigenvalue weighted by molar-refractivity contribution is -0.128. The van der Waals surface area contributed by atoms with E-state index >= 15 is 0 Å². The number of ether oxygens (including phenoxy) is 1. The third-order valence-electron chi connectivity index (χ3n) is 2.16. The molecular formula is C11H23N3O3. The van der Waals surface area contributed by atoms with E-state index in [1.165, 1.54) is 0 Å². The first-order valence-electron chi connectivity index (χ1n) is 5.74. The van der Waals surface area contributed by atoms with Crippen molar-refractivity contribution < 1.29 is 14.3 Å². The van der Waals surface area contributed by atoms with Crippen LogP contribution in [0.4, 0.5) is 0 Å². The fourth-order valence-corrected chi connectivity index (χ4v) is 1.15. The standard InChI is InChI=1S/C11H23N3O3/c1-14(2)11(16)5-4-6-12-9-10(15)13-7-8-17-3/h12H,4-9H2,1-3H3,(H,13,15). The van der Waals surface area contributed by atoms with Crippen molar-refractivity contribution in [3.05, 3.63) is 0 Å². The first-order chi connectivity index (χ1) is 8.07. The average molecular weight is 245 g/mol. The number of nitrogens with one attached hydrogen (secondary N) is 2. The highest BCUT2D eigenvalue weighted by Gasteiger charge is 2.03. The van der Waals surface area contributed by atoms with E-state index in [4.69, 9.17) is 4.74 Å². The van der Waals surface area contributed by atoms with Crippen molar-refractivity contribution in [2.75, 3.05) is 47.4 Å². The summed E-state index contributed by atoms with van der Waals surface area (Å²) in [5.41, 5.74) is 0. The molecular weight excluding hydrogens is 222 g/mol. The summed E-state index contributed by atoms with van der Waals surface area (Å²) in [4.78, 5) is 24.0. The second kappa shape index (κ2) is 10.0. The summed E-state index contributed by atoms with van der Waals surface area (Å²) in [5.74, 6) is 0.0531. The molecule has 0 saturated heterocycles. The number of hydrogen-bond donors (Lipinski definition) is 2. The zero-order valence-electron chi connectivity index (χ0n) is 10.9. The van der Waals surface area contributed by atoms with Crippen molar-refractivity contribution >= 4 is 11.8 Å². The predicted octanol–water partition coefficient (Wildman–Crippen LogP) is -0.793. The minimum absolute atomic E-state index is 0.0546. The molecule has 0 aliphatic rings. The lowest BCUT2D eigenvalue weighted by Gasteiger charge is -2.10. The number of carbonyl (C=O) groups is 2. The summed E-state index contributed by atoms with van der Waals surface area (Å²) in [6, 6.07) is 0. The van der Waals surface area contributed by atoms with Crippen molar-refractivity contribution in [2.24, 2.45) is 0 Å². The van der Waals surface area contributed by atoms with Crippen molar-refractivity contribution in [3.63, 3.8) is 0 Å². The summed E-state index contributed by atoms with van der Waals surface area (Å²) in [5, 5.41) is 5.68. The van der Waals surface area contributed by atoms with Gasteiger partial charge < -0.3 is 20.3 Å². The van der Waals surface area contributed by atoms with E-state index in [-0.39, 0.29) is 18.4 Å². The van der Waals surface area contributed by atoms with E-state index in [1.807, 2.05) is 0 Å². The van der Waals surface area contributed by atoms with Crippen molar-refractivity contribution in [3.8, 4) is 0 Å². The molecule has 0 spiro atoms.